The van der Waals surface area contributed by atoms with Gasteiger partial charge in [-0.15, -0.1) is 0 Å². The average molecular weight is 295 g/mol. The van der Waals surface area contributed by atoms with Crippen LogP contribution < -0.4 is 5.32 Å². The Balaban J connectivity index is 2.84. The summed E-state index contributed by atoms with van der Waals surface area (Å²) in [4.78, 5) is 0. The summed E-state index contributed by atoms with van der Waals surface area (Å²) in [5.41, 5.74) is 1.25. The molecule has 0 bridgehead atoms. The van der Waals surface area contributed by atoms with Crippen LogP contribution in [0.2, 0.25) is 0 Å². The molecular weight excluding hydrogens is 266 g/mol. The first kappa shape index (κ1) is 17.4. The first-order valence-corrected chi connectivity index (χ1v) is 9.13. The zero-order valence-corrected chi connectivity index (χ0v) is 14.1. The van der Waals surface area contributed by atoms with E-state index in [0.717, 1.165) is 25.1 Å². The highest BCUT2D eigenvalue weighted by molar-refractivity contribution is 7.85. The molecule has 1 rings (SSSR count). The van der Waals surface area contributed by atoms with Crippen LogP contribution in [0, 0.1) is 5.92 Å². The fourth-order valence-electron chi connectivity index (χ4n) is 2.42. The minimum atomic E-state index is -0.773. The smallest absolute Gasteiger partial charge is 0.0540 e. The van der Waals surface area contributed by atoms with Gasteiger partial charge in [-0.3, -0.25) is 4.21 Å². The minimum Gasteiger partial charge on any atom is -0.309 e. The van der Waals surface area contributed by atoms with Crippen molar-refractivity contribution in [2.24, 2.45) is 5.92 Å². The molecule has 3 atom stereocenters. The quantitative estimate of drug-likeness (QED) is 0.748. The molecule has 1 aromatic carbocycles. The molecule has 0 fully saturated rings. The molecule has 0 aliphatic carbocycles. The Bertz CT molecular complexity index is 391. The summed E-state index contributed by atoms with van der Waals surface area (Å²) in [5.74, 6) is 1.43. The third-order valence-corrected chi connectivity index (χ3v) is 5.51. The molecule has 0 spiro atoms. The van der Waals surface area contributed by atoms with Crippen LogP contribution in [0.3, 0.4) is 0 Å². The molecule has 0 aliphatic heterocycles. The first-order valence-electron chi connectivity index (χ1n) is 7.75. The predicted octanol–water partition coefficient (Wildman–Crippen LogP) is 3.91. The summed E-state index contributed by atoms with van der Waals surface area (Å²) in [7, 11) is -0.773. The maximum atomic E-state index is 12.6. The van der Waals surface area contributed by atoms with E-state index in [1.807, 2.05) is 6.07 Å². The molecule has 0 saturated carbocycles. The molecule has 0 heterocycles. The van der Waals surface area contributed by atoms with E-state index in [1.165, 1.54) is 5.56 Å². The van der Waals surface area contributed by atoms with E-state index in [-0.39, 0.29) is 11.3 Å². The van der Waals surface area contributed by atoms with Gasteiger partial charge in [0.25, 0.3) is 0 Å². The average Bonchev–Trinajstić information content (AvgIpc) is 2.46. The standard InChI is InChI=1S/C17H29NOS/c1-5-16(20(19)13-12-14(3)4)17(18-6-2)15-10-8-7-9-11-15/h7-11,14,16-18H,5-6,12-13H2,1-4H3. The Morgan fingerprint density at radius 1 is 1.15 bits per heavy atom. The Morgan fingerprint density at radius 3 is 2.30 bits per heavy atom. The van der Waals surface area contributed by atoms with Crippen LogP contribution >= 0.6 is 0 Å². The van der Waals surface area contributed by atoms with Crippen molar-refractivity contribution in [3.63, 3.8) is 0 Å². The molecule has 0 saturated heterocycles. The van der Waals surface area contributed by atoms with Crippen molar-refractivity contribution in [1.29, 1.82) is 0 Å². The van der Waals surface area contributed by atoms with E-state index < -0.39 is 10.8 Å². The fraction of sp³-hybridized carbons (Fsp3) is 0.647. The van der Waals surface area contributed by atoms with Crippen LogP contribution in [0.5, 0.6) is 0 Å². The highest BCUT2D eigenvalue weighted by atomic mass is 32.2. The zero-order chi connectivity index (χ0) is 15.0. The van der Waals surface area contributed by atoms with Crippen LogP contribution in [0.4, 0.5) is 0 Å². The van der Waals surface area contributed by atoms with Crippen molar-refractivity contribution in [1.82, 2.24) is 5.32 Å². The van der Waals surface area contributed by atoms with Gasteiger partial charge in [-0.05, 0) is 30.9 Å². The van der Waals surface area contributed by atoms with Gasteiger partial charge < -0.3 is 5.32 Å². The van der Waals surface area contributed by atoms with Crippen LogP contribution in [0.1, 0.15) is 52.1 Å². The van der Waals surface area contributed by atoms with Crippen molar-refractivity contribution < 1.29 is 4.21 Å². The van der Waals surface area contributed by atoms with E-state index in [2.05, 4.69) is 57.3 Å². The number of benzene rings is 1. The zero-order valence-electron chi connectivity index (χ0n) is 13.3. The molecule has 0 radical (unpaired) electrons. The Labute approximate surface area is 126 Å². The highest BCUT2D eigenvalue weighted by Gasteiger charge is 2.26. The molecule has 2 nitrogen and oxygen atoms in total. The van der Waals surface area contributed by atoms with Crippen molar-refractivity contribution in [2.75, 3.05) is 12.3 Å². The largest absolute Gasteiger partial charge is 0.309 e. The van der Waals surface area contributed by atoms with Gasteiger partial charge in [-0.2, -0.15) is 0 Å². The number of rotatable bonds is 9. The SMILES string of the molecule is CCNC(c1ccccc1)C(CC)S(=O)CCC(C)C. The monoisotopic (exact) mass is 295 g/mol. The molecule has 1 N–H and O–H groups in total. The highest BCUT2D eigenvalue weighted by Crippen LogP contribution is 2.24. The van der Waals surface area contributed by atoms with Crippen LogP contribution in [-0.4, -0.2) is 21.8 Å². The van der Waals surface area contributed by atoms with E-state index in [9.17, 15) is 4.21 Å². The van der Waals surface area contributed by atoms with E-state index in [0.29, 0.717) is 5.92 Å². The van der Waals surface area contributed by atoms with Crippen LogP contribution in [0.25, 0.3) is 0 Å². The Morgan fingerprint density at radius 2 is 1.80 bits per heavy atom. The molecule has 0 aliphatic rings. The summed E-state index contributed by atoms with van der Waals surface area (Å²) >= 11 is 0. The third kappa shape index (κ3) is 5.37. The van der Waals surface area contributed by atoms with Gasteiger partial charge in [-0.25, -0.2) is 0 Å². The van der Waals surface area contributed by atoms with Crippen molar-refractivity contribution in [3.05, 3.63) is 35.9 Å². The first-order chi connectivity index (χ1) is 9.60. The number of nitrogens with one attached hydrogen (secondary N) is 1. The van der Waals surface area contributed by atoms with Gasteiger partial charge in [0.15, 0.2) is 0 Å². The molecule has 114 valence electrons. The van der Waals surface area contributed by atoms with E-state index >= 15 is 0 Å². The summed E-state index contributed by atoms with van der Waals surface area (Å²) in [5, 5.41) is 3.72. The van der Waals surface area contributed by atoms with Crippen molar-refractivity contribution in [3.8, 4) is 0 Å². The van der Waals surface area contributed by atoms with Gasteiger partial charge in [0, 0.05) is 22.6 Å². The minimum absolute atomic E-state index is 0.191. The Hall–Kier alpha value is -0.670. The van der Waals surface area contributed by atoms with Gasteiger partial charge in [-0.1, -0.05) is 58.0 Å². The van der Waals surface area contributed by atoms with Gasteiger partial charge in [0.2, 0.25) is 0 Å². The normalized spacial score (nSPS) is 16.1. The van der Waals surface area contributed by atoms with Crippen LogP contribution in [-0.2, 0) is 10.8 Å². The van der Waals surface area contributed by atoms with E-state index in [4.69, 9.17) is 0 Å². The topological polar surface area (TPSA) is 29.1 Å². The lowest BCUT2D eigenvalue weighted by molar-refractivity contribution is 0.507. The number of hydrogen-bond acceptors (Lipinski definition) is 2. The maximum Gasteiger partial charge on any atom is 0.0540 e. The molecule has 20 heavy (non-hydrogen) atoms. The molecular formula is C17H29NOS. The second kappa shape index (κ2) is 9.30. The van der Waals surface area contributed by atoms with Crippen LogP contribution in [0.15, 0.2) is 30.3 Å². The molecule has 0 aromatic heterocycles. The molecule has 3 heteroatoms. The summed E-state index contributed by atoms with van der Waals surface area (Å²) < 4.78 is 12.6. The summed E-state index contributed by atoms with van der Waals surface area (Å²) in [6, 6.07) is 10.6. The van der Waals surface area contributed by atoms with Gasteiger partial charge in [0.05, 0.1) is 5.25 Å². The van der Waals surface area contributed by atoms with Crippen molar-refractivity contribution in [2.45, 2.75) is 51.8 Å². The predicted molar refractivity (Wildman–Crippen MR) is 89.4 cm³/mol. The lowest BCUT2D eigenvalue weighted by Gasteiger charge is -2.27. The molecule has 3 unspecified atom stereocenters. The third-order valence-electron chi connectivity index (χ3n) is 3.59. The number of hydrogen-bond donors (Lipinski definition) is 1. The maximum absolute atomic E-state index is 12.6. The van der Waals surface area contributed by atoms with Crippen molar-refractivity contribution >= 4 is 10.8 Å². The van der Waals surface area contributed by atoms with Gasteiger partial charge in [0.1, 0.15) is 0 Å². The lowest BCUT2D eigenvalue weighted by Crippen LogP contribution is -2.35. The second-order valence-electron chi connectivity index (χ2n) is 5.66. The lowest BCUT2D eigenvalue weighted by atomic mass is 10.0. The Kier molecular flexibility index (Phi) is 8.08. The fourth-order valence-corrected chi connectivity index (χ4v) is 4.36. The molecule has 0 amide bonds. The summed E-state index contributed by atoms with van der Waals surface area (Å²) in [6.45, 7) is 9.54. The second-order valence-corrected chi connectivity index (χ2v) is 7.44. The van der Waals surface area contributed by atoms with Gasteiger partial charge >= 0.3 is 0 Å². The summed E-state index contributed by atoms with van der Waals surface area (Å²) in [6.07, 6.45) is 1.98. The molecule has 1 aromatic rings. The van der Waals surface area contributed by atoms with E-state index in [1.54, 1.807) is 0 Å².